The van der Waals surface area contributed by atoms with Crippen LogP contribution < -0.4 is 5.32 Å². The molecule has 1 N–H and O–H groups in total. The maximum Gasteiger partial charge on any atom is 0.272 e. The second-order valence-electron chi connectivity index (χ2n) is 4.62. The van der Waals surface area contributed by atoms with Gasteiger partial charge in [0.1, 0.15) is 11.5 Å². The van der Waals surface area contributed by atoms with Crippen LogP contribution in [0.15, 0.2) is 39.4 Å². The Labute approximate surface area is 133 Å². The molecule has 1 aromatic heterocycles. The maximum atomic E-state index is 13.2. The van der Waals surface area contributed by atoms with Crippen LogP contribution >= 0.6 is 31.9 Å². The van der Waals surface area contributed by atoms with Crippen molar-refractivity contribution in [2.24, 2.45) is 0 Å². The number of nitrogens with zero attached hydrogens (tertiary/aromatic N) is 1. The van der Waals surface area contributed by atoms with Gasteiger partial charge in [0.15, 0.2) is 0 Å². The van der Waals surface area contributed by atoms with Crippen molar-refractivity contribution in [2.45, 2.75) is 19.9 Å². The molecule has 0 unspecified atom stereocenters. The van der Waals surface area contributed by atoms with Crippen LogP contribution in [0.5, 0.6) is 0 Å². The van der Waals surface area contributed by atoms with E-state index in [4.69, 9.17) is 0 Å². The average Bonchev–Trinajstić information content (AvgIpc) is 2.76. The van der Waals surface area contributed by atoms with Crippen molar-refractivity contribution in [1.82, 2.24) is 4.57 Å². The van der Waals surface area contributed by atoms with Gasteiger partial charge in [0.25, 0.3) is 5.91 Å². The van der Waals surface area contributed by atoms with E-state index >= 15 is 0 Å². The van der Waals surface area contributed by atoms with Gasteiger partial charge in [0.2, 0.25) is 0 Å². The van der Waals surface area contributed by atoms with Gasteiger partial charge in [-0.2, -0.15) is 0 Å². The summed E-state index contributed by atoms with van der Waals surface area (Å²) in [5.74, 6) is -0.681. The maximum absolute atomic E-state index is 13.2. The molecule has 1 amide bonds. The van der Waals surface area contributed by atoms with Gasteiger partial charge in [-0.05, 0) is 70.0 Å². The SMILES string of the molecule is CC(C)n1cc(Br)cc1C(=O)Nc1cc(F)ccc1Br. The molecule has 3 nitrogen and oxygen atoms in total. The summed E-state index contributed by atoms with van der Waals surface area (Å²) in [6.45, 7) is 3.97. The van der Waals surface area contributed by atoms with Gasteiger partial charge in [0, 0.05) is 21.2 Å². The predicted molar refractivity (Wildman–Crippen MR) is 84.6 cm³/mol. The molecule has 0 aliphatic carbocycles. The van der Waals surface area contributed by atoms with Crippen molar-refractivity contribution in [3.05, 3.63) is 50.9 Å². The van der Waals surface area contributed by atoms with Gasteiger partial charge < -0.3 is 9.88 Å². The van der Waals surface area contributed by atoms with Crippen LogP contribution in [0, 0.1) is 5.82 Å². The Kier molecular flexibility index (Phi) is 4.65. The second-order valence-corrected chi connectivity index (χ2v) is 6.39. The Bertz CT molecular complexity index is 653. The Balaban J connectivity index is 2.31. The normalized spacial score (nSPS) is 10.9. The second kappa shape index (κ2) is 6.10. The number of amides is 1. The van der Waals surface area contributed by atoms with Gasteiger partial charge in [-0.1, -0.05) is 0 Å². The summed E-state index contributed by atoms with van der Waals surface area (Å²) in [7, 11) is 0. The first-order chi connectivity index (χ1) is 9.38. The quantitative estimate of drug-likeness (QED) is 0.769. The molecule has 0 aliphatic heterocycles. The van der Waals surface area contributed by atoms with Crippen LogP contribution in [-0.2, 0) is 0 Å². The van der Waals surface area contributed by atoms with Crippen LogP contribution in [0.3, 0.4) is 0 Å². The van der Waals surface area contributed by atoms with E-state index in [1.165, 1.54) is 12.1 Å². The third-order valence-electron chi connectivity index (χ3n) is 2.78. The van der Waals surface area contributed by atoms with Crippen LogP contribution in [-0.4, -0.2) is 10.5 Å². The molecular weight excluding hydrogens is 391 g/mol. The summed E-state index contributed by atoms with van der Waals surface area (Å²) < 4.78 is 16.5. The summed E-state index contributed by atoms with van der Waals surface area (Å²) in [6.07, 6.45) is 1.85. The molecule has 0 fully saturated rings. The lowest BCUT2D eigenvalue weighted by molar-refractivity contribution is 0.101. The standard InChI is InChI=1S/C14H13Br2FN2O/c1-8(2)19-7-9(15)5-13(19)14(20)18-12-6-10(17)3-4-11(12)16/h3-8H,1-2H3,(H,18,20). The Morgan fingerprint density at radius 2 is 2.00 bits per heavy atom. The van der Waals surface area contributed by atoms with Crippen LogP contribution in [0.4, 0.5) is 10.1 Å². The zero-order valence-corrected chi connectivity index (χ0v) is 14.1. The Hall–Kier alpha value is -1.14. The molecule has 1 aromatic carbocycles. The Morgan fingerprint density at radius 3 is 2.65 bits per heavy atom. The fraction of sp³-hybridized carbons (Fsp3) is 0.214. The van der Waals surface area contributed by atoms with Crippen molar-refractivity contribution in [3.63, 3.8) is 0 Å². The number of nitrogens with one attached hydrogen (secondary N) is 1. The minimum absolute atomic E-state index is 0.151. The van der Waals surface area contributed by atoms with Gasteiger partial charge in [-0.15, -0.1) is 0 Å². The fourth-order valence-corrected chi connectivity index (χ4v) is 2.62. The van der Waals surface area contributed by atoms with Crippen molar-refractivity contribution in [1.29, 1.82) is 0 Å². The van der Waals surface area contributed by atoms with E-state index in [9.17, 15) is 9.18 Å². The predicted octanol–water partition coefficient (Wildman–Crippen LogP) is 4.99. The van der Waals surface area contributed by atoms with Crippen LogP contribution in [0.1, 0.15) is 30.4 Å². The number of carbonyl (C=O) groups excluding carboxylic acids is 1. The van der Waals surface area contributed by atoms with E-state index < -0.39 is 5.82 Å². The molecule has 0 aliphatic rings. The monoisotopic (exact) mass is 402 g/mol. The number of carbonyl (C=O) groups is 1. The fourth-order valence-electron chi connectivity index (χ4n) is 1.83. The van der Waals surface area contributed by atoms with Crippen molar-refractivity contribution in [2.75, 3.05) is 5.32 Å². The van der Waals surface area contributed by atoms with E-state index in [1.54, 1.807) is 12.1 Å². The zero-order valence-electron chi connectivity index (χ0n) is 11.0. The van der Waals surface area contributed by atoms with E-state index in [0.29, 0.717) is 15.9 Å². The molecule has 2 rings (SSSR count). The summed E-state index contributed by atoms with van der Waals surface area (Å²) in [6, 6.07) is 6.05. The lowest BCUT2D eigenvalue weighted by Crippen LogP contribution is -2.18. The summed E-state index contributed by atoms with van der Waals surface area (Å²) in [5, 5.41) is 2.71. The number of hydrogen-bond donors (Lipinski definition) is 1. The summed E-state index contributed by atoms with van der Waals surface area (Å²) >= 11 is 6.65. The summed E-state index contributed by atoms with van der Waals surface area (Å²) in [4.78, 5) is 12.3. The van der Waals surface area contributed by atoms with Gasteiger partial charge in [-0.25, -0.2) is 4.39 Å². The smallest absolute Gasteiger partial charge is 0.272 e. The van der Waals surface area contributed by atoms with E-state index in [2.05, 4.69) is 37.2 Å². The molecule has 0 radical (unpaired) electrons. The molecule has 0 saturated carbocycles. The molecular formula is C14H13Br2FN2O. The van der Waals surface area contributed by atoms with Gasteiger partial charge in [-0.3, -0.25) is 4.79 Å². The lowest BCUT2D eigenvalue weighted by Gasteiger charge is -2.13. The highest BCUT2D eigenvalue weighted by atomic mass is 79.9. The van der Waals surface area contributed by atoms with Crippen LogP contribution in [0.25, 0.3) is 0 Å². The molecule has 0 saturated heterocycles. The first kappa shape index (κ1) is 15.3. The minimum atomic E-state index is -0.399. The number of hydrogen-bond acceptors (Lipinski definition) is 1. The van der Waals surface area contributed by atoms with Crippen molar-refractivity contribution in [3.8, 4) is 0 Å². The van der Waals surface area contributed by atoms with Crippen molar-refractivity contribution >= 4 is 43.5 Å². The summed E-state index contributed by atoms with van der Waals surface area (Å²) in [5.41, 5.74) is 0.922. The molecule has 1 heterocycles. The number of benzene rings is 1. The van der Waals surface area contributed by atoms with E-state index in [1.807, 2.05) is 24.6 Å². The molecule has 2 aromatic rings. The highest BCUT2D eigenvalue weighted by Gasteiger charge is 2.16. The van der Waals surface area contributed by atoms with Gasteiger partial charge >= 0.3 is 0 Å². The first-order valence-corrected chi connectivity index (χ1v) is 7.61. The number of rotatable bonds is 3. The minimum Gasteiger partial charge on any atom is -0.340 e. The van der Waals surface area contributed by atoms with Gasteiger partial charge in [0.05, 0.1) is 5.69 Å². The highest BCUT2D eigenvalue weighted by molar-refractivity contribution is 9.10. The molecule has 106 valence electrons. The third-order valence-corrected chi connectivity index (χ3v) is 3.91. The molecule has 20 heavy (non-hydrogen) atoms. The third kappa shape index (κ3) is 3.30. The molecule has 6 heteroatoms. The largest absolute Gasteiger partial charge is 0.340 e. The first-order valence-electron chi connectivity index (χ1n) is 6.02. The zero-order chi connectivity index (χ0) is 14.9. The van der Waals surface area contributed by atoms with Crippen LogP contribution in [0.2, 0.25) is 0 Å². The highest BCUT2D eigenvalue weighted by Crippen LogP contribution is 2.25. The Morgan fingerprint density at radius 1 is 1.30 bits per heavy atom. The topological polar surface area (TPSA) is 34.0 Å². The lowest BCUT2D eigenvalue weighted by atomic mass is 10.3. The number of halogens is 3. The molecule has 0 bridgehead atoms. The number of aromatic nitrogens is 1. The van der Waals surface area contributed by atoms with E-state index in [-0.39, 0.29) is 11.9 Å². The molecule has 0 spiro atoms. The average molecular weight is 404 g/mol. The van der Waals surface area contributed by atoms with E-state index in [0.717, 1.165) is 4.47 Å². The number of anilines is 1. The molecule has 0 atom stereocenters. The van der Waals surface area contributed by atoms with Crippen molar-refractivity contribution < 1.29 is 9.18 Å².